The first kappa shape index (κ1) is 39.3. The smallest absolute Gasteiger partial charge is 0.475 e. The average molecular weight is 800 g/mol. The average Bonchev–Trinajstić information content (AvgIpc) is 3.82. The van der Waals surface area contributed by atoms with E-state index in [0.29, 0.717) is 36.3 Å². The third-order valence-corrected chi connectivity index (χ3v) is 8.90. The second-order valence-corrected chi connectivity index (χ2v) is 12.9. The Bertz CT molecular complexity index is 2450. The van der Waals surface area contributed by atoms with Crippen LogP contribution in [0.15, 0.2) is 96.4 Å². The summed E-state index contributed by atoms with van der Waals surface area (Å²) >= 11 is 6.27. The van der Waals surface area contributed by atoms with Crippen LogP contribution in [0.4, 0.5) is 32.0 Å². The number of aliphatic carboxylic acids is 1. The van der Waals surface area contributed by atoms with Gasteiger partial charge in [-0.15, -0.1) is 5.10 Å². The number of amides is 1. The van der Waals surface area contributed by atoms with Crippen molar-refractivity contribution in [1.29, 1.82) is 0 Å². The van der Waals surface area contributed by atoms with E-state index in [-0.39, 0.29) is 33.8 Å². The second-order valence-electron chi connectivity index (χ2n) is 12.5. The third-order valence-electron chi connectivity index (χ3n) is 8.67. The van der Waals surface area contributed by atoms with E-state index in [1.807, 2.05) is 49.4 Å². The van der Waals surface area contributed by atoms with Gasteiger partial charge in [-0.1, -0.05) is 48.4 Å². The van der Waals surface area contributed by atoms with Crippen LogP contribution in [-0.2, 0) is 15.8 Å². The van der Waals surface area contributed by atoms with Gasteiger partial charge in [-0.2, -0.15) is 31.4 Å². The Balaban J connectivity index is 0.000000695. The quantitative estimate of drug-likeness (QED) is 0.173. The third kappa shape index (κ3) is 8.62. The molecule has 1 aliphatic rings. The number of pyridine rings is 1. The minimum atomic E-state index is -5.08. The highest BCUT2D eigenvalue weighted by Crippen LogP contribution is 2.35. The Morgan fingerprint density at radius 1 is 0.964 bits per heavy atom. The molecule has 0 saturated heterocycles. The molecule has 20 heteroatoms. The summed E-state index contributed by atoms with van der Waals surface area (Å²) in [7, 11) is 0. The maximum absolute atomic E-state index is 13.9. The largest absolute Gasteiger partial charge is 0.490 e. The number of carbonyl (C=O) groups is 2. The summed E-state index contributed by atoms with van der Waals surface area (Å²) in [6, 6.07) is 18.4. The first-order valence-electron chi connectivity index (χ1n) is 16.6. The lowest BCUT2D eigenvalue weighted by atomic mass is 9.97. The summed E-state index contributed by atoms with van der Waals surface area (Å²) in [6.07, 6.45) is -2.72. The number of carboxylic acid groups (broad SMARTS) is 1. The van der Waals surface area contributed by atoms with Gasteiger partial charge in [0.15, 0.2) is 5.69 Å². The Hall–Kier alpha value is -6.37. The number of para-hydroxylation sites is 1. The van der Waals surface area contributed by atoms with E-state index in [0.717, 1.165) is 22.1 Å². The normalized spacial score (nSPS) is 16.0. The molecule has 7 rings (SSSR count). The van der Waals surface area contributed by atoms with Crippen molar-refractivity contribution in [3.05, 3.63) is 118 Å². The van der Waals surface area contributed by atoms with E-state index >= 15 is 0 Å². The van der Waals surface area contributed by atoms with Crippen LogP contribution in [0.25, 0.3) is 33.9 Å². The highest BCUT2D eigenvalue weighted by Gasteiger charge is 2.38. The fraction of sp³-hybridized carbons (Fsp3) is 0.222. The molecule has 2 aromatic carbocycles. The summed E-state index contributed by atoms with van der Waals surface area (Å²) in [5.74, 6) is -3.23. The Morgan fingerprint density at radius 2 is 1.70 bits per heavy atom. The summed E-state index contributed by atoms with van der Waals surface area (Å²) < 4.78 is 75.7. The number of aromatic nitrogens is 8. The number of nitrogens with one attached hydrogen (secondary N) is 1. The first-order chi connectivity index (χ1) is 26.5. The molecule has 2 bridgehead atoms. The maximum Gasteiger partial charge on any atom is 0.490 e. The Morgan fingerprint density at radius 3 is 2.36 bits per heavy atom. The number of hydrogen-bond donors (Lipinski definition) is 2. The molecule has 0 spiro atoms. The highest BCUT2D eigenvalue weighted by atomic mass is 35.5. The van der Waals surface area contributed by atoms with Crippen molar-refractivity contribution in [2.24, 2.45) is 5.92 Å². The zero-order valence-electron chi connectivity index (χ0n) is 28.8. The minimum absolute atomic E-state index is 0.143. The van der Waals surface area contributed by atoms with Crippen LogP contribution in [0.5, 0.6) is 0 Å². The van der Waals surface area contributed by atoms with Gasteiger partial charge in [-0.25, -0.2) is 19.1 Å². The van der Waals surface area contributed by atoms with Gasteiger partial charge < -0.3 is 10.4 Å². The number of carbonyl (C=O) groups excluding carboxylic acids is 1. The predicted octanol–water partition coefficient (Wildman–Crippen LogP) is 7.39. The highest BCUT2D eigenvalue weighted by molar-refractivity contribution is 6.31. The molecule has 1 amide bonds. The van der Waals surface area contributed by atoms with Crippen molar-refractivity contribution < 1.29 is 41.0 Å². The monoisotopic (exact) mass is 799 g/mol. The number of anilines is 1. The van der Waals surface area contributed by atoms with Crippen LogP contribution in [0.1, 0.15) is 43.6 Å². The van der Waals surface area contributed by atoms with Crippen LogP contribution in [0, 0.1) is 5.92 Å². The number of nitrogens with zero attached hydrogens (tertiary/aromatic N) is 8. The lowest BCUT2D eigenvalue weighted by Crippen LogP contribution is -2.27. The van der Waals surface area contributed by atoms with Crippen molar-refractivity contribution in [2.75, 3.05) is 5.32 Å². The predicted molar refractivity (Wildman–Crippen MR) is 189 cm³/mol. The van der Waals surface area contributed by atoms with Crippen LogP contribution < -0.4 is 10.9 Å². The van der Waals surface area contributed by atoms with E-state index in [2.05, 4.69) is 30.7 Å². The van der Waals surface area contributed by atoms with Crippen LogP contribution >= 0.6 is 11.6 Å². The summed E-state index contributed by atoms with van der Waals surface area (Å²) in [6.45, 7) is 1.85. The fourth-order valence-corrected chi connectivity index (χ4v) is 6.08. The van der Waals surface area contributed by atoms with Gasteiger partial charge in [-0.3, -0.25) is 19.1 Å². The number of carboxylic acids is 1. The van der Waals surface area contributed by atoms with Crippen molar-refractivity contribution in [3.8, 4) is 33.9 Å². The Kier molecular flexibility index (Phi) is 11.1. The van der Waals surface area contributed by atoms with Gasteiger partial charge in [0.2, 0.25) is 5.91 Å². The lowest BCUT2D eigenvalue weighted by molar-refractivity contribution is -0.192. The van der Waals surface area contributed by atoms with Gasteiger partial charge in [-0.05, 0) is 55.3 Å². The van der Waals surface area contributed by atoms with Gasteiger partial charge in [0, 0.05) is 34.3 Å². The van der Waals surface area contributed by atoms with E-state index in [1.54, 1.807) is 17.1 Å². The number of rotatable bonds is 4. The zero-order valence-corrected chi connectivity index (χ0v) is 29.6. The number of hydrogen-bond acceptors (Lipinski definition) is 8. The van der Waals surface area contributed by atoms with E-state index in [4.69, 9.17) is 21.5 Å². The zero-order chi connectivity index (χ0) is 40.4. The fourth-order valence-electron chi connectivity index (χ4n) is 5.91. The van der Waals surface area contributed by atoms with E-state index in [1.165, 1.54) is 35.2 Å². The first-order valence-corrected chi connectivity index (χ1v) is 17.0. The van der Waals surface area contributed by atoms with Gasteiger partial charge in [0.25, 0.3) is 5.56 Å². The standard InChI is InChI=1S/C34H27ClF3N9O2.C2HF3O2/c1-20-6-5-9-29(26-14-21(12-13-39-26)32-27(42-33(20)49)17-41-47(32)23-7-3-2-4-8-23)45-19-40-25(16-31(45)48)24-15-22(35)10-11-28(24)46-18-30(43-44-46)34(36,37)38;3-2(4,5)1(6)7/h2-4,7-8,10-20,29H,5-6,9H2,1H3,(H,42,49);(H,6,7)/t20-,29+;/m1./s1. The van der Waals surface area contributed by atoms with Crippen LogP contribution in [0.2, 0.25) is 5.02 Å². The topological polar surface area (TPSA) is 163 Å². The molecule has 0 fully saturated rings. The molecule has 56 heavy (non-hydrogen) atoms. The molecule has 2 atom stereocenters. The lowest BCUT2D eigenvalue weighted by Gasteiger charge is -2.22. The van der Waals surface area contributed by atoms with Crippen molar-refractivity contribution >= 4 is 29.2 Å². The molecule has 4 aromatic heterocycles. The molecular formula is C36H28ClF6N9O4. The summed E-state index contributed by atoms with van der Waals surface area (Å²) in [4.78, 5) is 45.2. The summed E-state index contributed by atoms with van der Waals surface area (Å²) in [5, 5.41) is 21.9. The molecule has 1 aliphatic heterocycles. The molecule has 0 radical (unpaired) electrons. The molecule has 5 heterocycles. The number of fused-ring (bicyclic) bond motifs is 4. The molecule has 0 aliphatic carbocycles. The van der Waals surface area contributed by atoms with Crippen molar-refractivity contribution in [3.63, 3.8) is 0 Å². The second kappa shape index (κ2) is 15.8. The van der Waals surface area contributed by atoms with Gasteiger partial charge in [0.05, 0.1) is 58.9 Å². The number of alkyl halides is 6. The SMILES string of the molecule is C[C@@H]1CCC[C@H](n2cnc(-c3cc(Cl)ccc3-n3cc(C(F)(F)F)nn3)cc2=O)c2cc(ccn2)-c2c(cnn2-c2ccccc2)NC1=O.O=C(O)C(F)(F)F. The van der Waals surface area contributed by atoms with Gasteiger partial charge >= 0.3 is 18.3 Å². The number of halogens is 7. The minimum Gasteiger partial charge on any atom is -0.475 e. The molecule has 2 N–H and O–H groups in total. The Labute approximate surface area is 317 Å². The molecule has 290 valence electrons. The summed E-state index contributed by atoms with van der Waals surface area (Å²) in [5.41, 5.74) is 2.42. The van der Waals surface area contributed by atoms with E-state index < -0.39 is 35.6 Å². The number of benzene rings is 2. The van der Waals surface area contributed by atoms with Crippen molar-refractivity contribution in [2.45, 2.75) is 44.6 Å². The van der Waals surface area contributed by atoms with Crippen molar-refractivity contribution in [1.82, 2.24) is 39.3 Å². The van der Waals surface area contributed by atoms with E-state index in [9.17, 15) is 35.9 Å². The molecule has 13 nitrogen and oxygen atoms in total. The molecular weight excluding hydrogens is 772 g/mol. The van der Waals surface area contributed by atoms with Crippen LogP contribution in [-0.4, -0.2) is 62.5 Å². The van der Waals surface area contributed by atoms with Crippen LogP contribution in [0.3, 0.4) is 0 Å². The maximum atomic E-state index is 13.9. The van der Waals surface area contributed by atoms with Gasteiger partial charge in [0.1, 0.15) is 0 Å². The molecule has 0 unspecified atom stereocenters. The molecule has 6 aromatic rings. The molecule has 0 saturated carbocycles.